The molecule has 6 nitrogen and oxygen atoms in total. The number of nitrogens with one attached hydrogen (secondary N) is 1. The molecule has 0 fully saturated rings. The minimum atomic E-state index is -4.48. The maximum absolute atomic E-state index is 13.0. The van der Waals surface area contributed by atoms with Gasteiger partial charge in [0.25, 0.3) is 17.2 Å². The minimum absolute atomic E-state index is 0.116. The summed E-state index contributed by atoms with van der Waals surface area (Å²) in [6, 6.07) is 11.2. The summed E-state index contributed by atoms with van der Waals surface area (Å²) < 4.78 is 44.4. The number of aromatic hydroxyl groups is 1. The van der Waals surface area contributed by atoms with E-state index in [1.807, 2.05) is 0 Å². The predicted octanol–water partition coefficient (Wildman–Crippen LogP) is 3.47. The fourth-order valence-corrected chi connectivity index (χ4v) is 2.95. The number of benzene rings is 2. The molecule has 0 unspecified atom stereocenters. The molecule has 152 valence electrons. The Labute approximate surface area is 163 Å². The number of fused-ring (bicyclic) bond motifs is 1. The number of halogens is 3. The summed E-state index contributed by atoms with van der Waals surface area (Å²) in [5.74, 6) is -0.866. The van der Waals surface area contributed by atoms with E-state index in [1.165, 1.54) is 40.4 Å². The van der Waals surface area contributed by atoms with Gasteiger partial charge in [-0.3, -0.25) is 14.8 Å². The van der Waals surface area contributed by atoms with Crippen LogP contribution in [0.25, 0.3) is 10.8 Å². The van der Waals surface area contributed by atoms with Gasteiger partial charge in [-0.05, 0) is 29.7 Å². The number of para-hydroxylation sites is 1. The van der Waals surface area contributed by atoms with E-state index < -0.39 is 17.6 Å². The van der Waals surface area contributed by atoms with Gasteiger partial charge in [0.15, 0.2) is 12.2 Å². The lowest BCUT2D eigenvalue weighted by molar-refractivity contribution is -0.141. The lowest BCUT2D eigenvalue weighted by atomic mass is 10.1. The quantitative estimate of drug-likeness (QED) is 0.284. The number of ether oxygens (including phenoxy) is 1. The lowest BCUT2D eigenvalue weighted by Crippen LogP contribution is -2.22. The van der Waals surface area contributed by atoms with Crippen molar-refractivity contribution in [3.05, 3.63) is 76.2 Å². The molecule has 9 heteroatoms. The molecule has 0 spiro atoms. The van der Waals surface area contributed by atoms with Gasteiger partial charge in [0.1, 0.15) is 0 Å². The number of nitrogens with zero attached hydrogens (tertiary/aromatic N) is 1. The van der Waals surface area contributed by atoms with Gasteiger partial charge in [0.2, 0.25) is 0 Å². The van der Waals surface area contributed by atoms with Crippen molar-refractivity contribution in [3.63, 3.8) is 0 Å². The van der Waals surface area contributed by atoms with Crippen molar-refractivity contribution in [1.82, 2.24) is 10.0 Å². The third-order valence-corrected chi connectivity index (χ3v) is 4.39. The van der Waals surface area contributed by atoms with E-state index in [2.05, 4.69) is 4.74 Å². The molecule has 29 heavy (non-hydrogen) atoms. The molecule has 1 amide bonds. The van der Waals surface area contributed by atoms with Crippen LogP contribution >= 0.6 is 0 Å². The third kappa shape index (κ3) is 4.57. The molecule has 0 saturated heterocycles. The standard InChI is InChI=1S/C20H17F3N2O4/c21-20(22,23)16-4-1-2-5-17(16)29-11-3-9-25-10-8-13-6-7-14(18(26)24-28)12-15(13)19(25)27/h1-2,4-8,10,12,28H,3,9,11H2,(H,24,26)/p+1. The molecule has 0 aliphatic carbocycles. The second kappa shape index (κ2) is 8.36. The molecule has 0 saturated carbocycles. The highest BCUT2D eigenvalue weighted by Gasteiger charge is 2.36. The van der Waals surface area contributed by atoms with Crippen LogP contribution in [0.15, 0.2) is 59.5 Å². The second-order valence-corrected chi connectivity index (χ2v) is 6.31. The fourth-order valence-electron chi connectivity index (χ4n) is 2.95. The van der Waals surface area contributed by atoms with Gasteiger partial charge in [-0.15, -0.1) is 0 Å². The van der Waals surface area contributed by atoms with Crippen molar-refractivity contribution in [2.45, 2.75) is 19.1 Å². The number of hydrogen-bond acceptors (Lipinski definition) is 3. The Kier molecular flexibility index (Phi) is 5.88. The molecule has 3 N–H and O–H groups in total. The van der Waals surface area contributed by atoms with Crippen LogP contribution in [0.3, 0.4) is 0 Å². The van der Waals surface area contributed by atoms with Crippen LogP contribution in [0.5, 0.6) is 5.75 Å². The zero-order chi connectivity index (χ0) is 21.0. The Bertz CT molecular complexity index is 1090. The largest absolute Gasteiger partial charge is 0.582 e. The SMILES string of the molecule is O=C(NO)c1ccc2ccn(CCC[OH+]c3ccccc3C(F)(F)F)c(=O)c2c1. The number of aryl methyl sites for hydroxylation is 1. The number of aliphatic hydroxyl groups is 1. The summed E-state index contributed by atoms with van der Waals surface area (Å²) in [5.41, 5.74) is 0.509. The Morgan fingerprint density at radius 2 is 1.90 bits per heavy atom. The topological polar surface area (TPSA) is 84.1 Å². The average molecular weight is 407 g/mol. The van der Waals surface area contributed by atoms with E-state index >= 15 is 0 Å². The molecular formula is C20H18F3N2O4+. The molecule has 0 radical (unpaired) electrons. The molecule has 0 aliphatic heterocycles. The normalized spacial score (nSPS) is 11.4. The van der Waals surface area contributed by atoms with Gasteiger partial charge in [-0.25, -0.2) is 5.48 Å². The second-order valence-electron chi connectivity index (χ2n) is 6.31. The Morgan fingerprint density at radius 3 is 2.62 bits per heavy atom. The Hall–Kier alpha value is -3.33. The smallest absolute Gasteiger partial charge is 0.425 e. The molecule has 0 bridgehead atoms. The molecule has 1 aromatic heterocycles. The molecule has 3 aromatic rings. The molecule has 2 aromatic carbocycles. The van der Waals surface area contributed by atoms with E-state index in [1.54, 1.807) is 18.3 Å². The minimum Gasteiger partial charge on any atom is -0.582 e. The Balaban J connectivity index is 1.71. The first-order valence-corrected chi connectivity index (χ1v) is 8.72. The van der Waals surface area contributed by atoms with Crippen molar-refractivity contribution in [2.24, 2.45) is 0 Å². The highest BCUT2D eigenvalue weighted by Crippen LogP contribution is 2.36. The summed E-state index contributed by atoms with van der Waals surface area (Å²) >= 11 is 0. The van der Waals surface area contributed by atoms with Crippen LogP contribution in [-0.2, 0) is 12.7 Å². The van der Waals surface area contributed by atoms with Crippen LogP contribution in [0.2, 0.25) is 0 Å². The van der Waals surface area contributed by atoms with E-state index in [0.29, 0.717) is 17.2 Å². The first-order valence-electron chi connectivity index (χ1n) is 8.72. The number of alkyl halides is 3. The number of hydrogen-bond donors (Lipinski definition) is 2. The number of rotatable bonds is 6. The van der Waals surface area contributed by atoms with E-state index in [4.69, 9.17) is 5.21 Å². The first kappa shape index (κ1) is 20.4. The number of amides is 1. The average Bonchev–Trinajstić information content (AvgIpc) is 2.71. The summed E-state index contributed by atoms with van der Waals surface area (Å²) in [7, 11) is 0. The third-order valence-electron chi connectivity index (χ3n) is 4.39. The monoisotopic (exact) mass is 407 g/mol. The summed E-state index contributed by atoms with van der Waals surface area (Å²) in [5, 5.41) is 9.66. The van der Waals surface area contributed by atoms with Crippen molar-refractivity contribution in [3.8, 4) is 5.75 Å². The molecule has 0 atom stereocenters. The highest BCUT2D eigenvalue weighted by molar-refractivity contribution is 5.97. The first-order chi connectivity index (χ1) is 13.8. The number of carbonyl (C=O) groups excluding carboxylic acids is 1. The summed E-state index contributed by atoms with van der Waals surface area (Å²) in [6.45, 7) is 0.368. The van der Waals surface area contributed by atoms with Crippen molar-refractivity contribution in [2.75, 3.05) is 6.61 Å². The predicted molar refractivity (Wildman–Crippen MR) is 100 cm³/mol. The number of carbonyl (C=O) groups is 1. The van der Waals surface area contributed by atoms with E-state index in [0.717, 1.165) is 6.07 Å². The van der Waals surface area contributed by atoms with E-state index in [9.17, 15) is 22.8 Å². The Morgan fingerprint density at radius 1 is 1.14 bits per heavy atom. The van der Waals surface area contributed by atoms with Gasteiger partial charge in [-0.2, -0.15) is 13.2 Å². The van der Waals surface area contributed by atoms with Gasteiger partial charge in [-0.1, -0.05) is 18.2 Å². The molecular weight excluding hydrogens is 389 g/mol. The summed E-state index contributed by atoms with van der Waals surface area (Å²) in [6.07, 6.45) is -2.54. The summed E-state index contributed by atoms with van der Waals surface area (Å²) in [4.78, 5) is 24.2. The maximum Gasteiger partial charge on any atom is 0.425 e. The van der Waals surface area contributed by atoms with Gasteiger partial charge in [0, 0.05) is 36.2 Å². The lowest BCUT2D eigenvalue weighted by Gasteiger charge is -2.12. The van der Waals surface area contributed by atoms with Crippen LogP contribution in [0.1, 0.15) is 22.3 Å². The zero-order valence-corrected chi connectivity index (χ0v) is 15.1. The van der Waals surface area contributed by atoms with Crippen molar-refractivity contribution in [1.29, 1.82) is 0 Å². The van der Waals surface area contributed by atoms with E-state index in [-0.39, 0.29) is 30.0 Å². The fraction of sp³-hybridized carbons (Fsp3) is 0.200. The van der Waals surface area contributed by atoms with Crippen LogP contribution in [0.4, 0.5) is 13.2 Å². The molecule has 1 heterocycles. The number of pyridine rings is 1. The molecule has 3 rings (SSSR count). The highest BCUT2D eigenvalue weighted by atomic mass is 19.4. The van der Waals surface area contributed by atoms with Gasteiger partial charge < -0.3 is 9.30 Å². The van der Waals surface area contributed by atoms with Crippen LogP contribution in [0, 0.1) is 0 Å². The van der Waals surface area contributed by atoms with Crippen molar-refractivity contribution < 1.29 is 27.9 Å². The zero-order valence-electron chi connectivity index (χ0n) is 15.1. The van der Waals surface area contributed by atoms with Crippen molar-refractivity contribution >= 4 is 16.7 Å². The van der Waals surface area contributed by atoms with Gasteiger partial charge >= 0.3 is 6.18 Å². The molecule has 0 aliphatic rings. The number of hydroxylamine groups is 1. The maximum atomic E-state index is 13.0. The van der Waals surface area contributed by atoms with Gasteiger partial charge in [0.05, 0.1) is 0 Å². The van der Waals surface area contributed by atoms with Crippen LogP contribution < -0.4 is 11.0 Å². The number of aromatic nitrogens is 1. The van der Waals surface area contributed by atoms with Crippen LogP contribution in [-0.4, -0.2) is 27.0 Å².